The fourth-order valence-electron chi connectivity index (χ4n) is 2.14. The molecule has 0 radical (unpaired) electrons. The SMILES string of the molecule is C=C(C)C(=O)OC.C=C(CC(CC)CCCC)C(=O)O.C=Cc1ccccc1. The number of carbonyl (C=O) groups excluding carboxylic acids is 1. The third-order valence-corrected chi connectivity index (χ3v) is 3.95. The van der Waals surface area contributed by atoms with Gasteiger partial charge in [0.1, 0.15) is 0 Å². The van der Waals surface area contributed by atoms with Crippen molar-refractivity contribution in [1.82, 2.24) is 0 Å². The van der Waals surface area contributed by atoms with Gasteiger partial charge in [0.15, 0.2) is 0 Å². The fourth-order valence-corrected chi connectivity index (χ4v) is 2.14. The van der Waals surface area contributed by atoms with Gasteiger partial charge in [-0.3, -0.25) is 0 Å². The summed E-state index contributed by atoms with van der Waals surface area (Å²) in [6.45, 7) is 16.4. The van der Waals surface area contributed by atoms with Crippen LogP contribution in [0.1, 0.15) is 58.4 Å². The molecule has 4 nitrogen and oxygen atoms in total. The molecule has 1 N–H and O–H groups in total. The third kappa shape index (κ3) is 15.6. The maximum Gasteiger partial charge on any atom is 0.332 e. The number of carboxylic acids is 1. The van der Waals surface area contributed by atoms with E-state index in [1.54, 1.807) is 6.92 Å². The Kier molecular flexibility index (Phi) is 17.5. The van der Waals surface area contributed by atoms with Crippen LogP contribution in [0.4, 0.5) is 0 Å². The Morgan fingerprint density at radius 1 is 1.18 bits per heavy atom. The summed E-state index contributed by atoms with van der Waals surface area (Å²) >= 11 is 0. The molecule has 1 aromatic rings. The molecule has 0 aliphatic heterocycles. The van der Waals surface area contributed by atoms with Gasteiger partial charge in [-0.1, -0.05) is 95.7 Å². The lowest BCUT2D eigenvalue weighted by atomic mass is 9.92. The van der Waals surface area contributed by atoms with Crippen molar-refractivity contribution >= 4 is 18.0 Å². The zero-order valence-electron chi connectivity index (χ0n) is 17.9. The number of ether oxygens (including phenoxy) is 1. The highest BCUT2D eigenvalue weighted by molar-refractivity contribution is 5.86. The summed E-state index contributed by atoms with van der Waals surface area (Å²) in [6.07, 6.45) is 7.01. The molecule has 0 amide bonds. The van der Waals surface area contributed by atoms with Crippen LogP contribution in [-0.4, -0.2) is 24.2 Å². The molecule has 0 aliphatic carbocycles. The van der Waals surface area contributed by atoms with Crippen LogP contribution < -0.4 is 0 Å². The normalized spacial score (nSPS) is 10.1. The molecule has 28 heavy (non-hydrogen) atoms. The number of esters is 1. The molecular formula is C24H36O4. The number of rotatable bonds is 9. The van der Waals surface area contributed by atoms with Gasteiger partial charge in [0.2, 0.25) is 0 Å². The van der Waals surface area contributed by atoms with E-state index in [1.807, 2.05) is 36.4 Å². The number of unbranched alkanes of at least 4 members (excludes halogenated alkanes) is 1. The molecule has 1 unspecified atom stereocenters. The first-order valence-corrected chi connectivity index (χ1v) is 9.55. The zero-order chi connectivity index (χ0) is 21.9. The smallest absolute Gasteiger partial charge is 0.332 e. The quantitative estimate of drug-likeness (QED) is 0.398. The molecule has 0 spiro atoms. The highest BCUT2D eigenvalue weighted by Gasteiger charge is 2.11. The highest BCUT2D eigenvalue weighted by Crippen LogP contribution is 2.20. The van der Waals surface area contributed by atoms with E-state index in [1.165, 1.54) is 25.5 Å². The summed E-state index contributed by atoms with van der Waals surface area (Å²) in [7, 11) is 1.33. The Hall–Kier alpha value is -2.62. The number of hydrogen-bond acceptors (Lipinski definition) is 3. The van der Waals surface area contributed by atoms with Crippen molar-refractivity contribution in [3.8, 4) is 0 Å². The van der Waals surface area contributed by atoms with Crippen LogP contribution in [0.3, 0.4) is 0 Å². The Morgan fingerprint density at radius 3 is 2.04 bits per heavy atom. The van der Waals surface area contributed by atoms with Crippen LogP contribution in [0.2, 0.25) is 0 Å². The van der Waals surface area contributed by atoms with Crippen molar-refractivity contribution in [2.75, 3.05) is 7.11 Å². The number of carbonyl (C=O) groups is 2. The molecule has 0 aromatic heterocycles. The molecule has 1 rings (SSSR count). The van der Waals surface area contributed by atoms with Crippen molar-refractivity contribution in [3.05, 3.63) is 66.8 Å². The van der Waals surface area contributed by atoms with Crippen molar-refractivity contribution in [1.29, 1.82) is 0 Å². The number of methoxy groups -OCH3 is 1. The van der Waals surface area contributed by atoms with Crippen LogP contribution in [-0.2, 0) is 14.3 Å². The molecular weight excluding hydrogens is 352 g/mol. The number of hydrogen-bond donors (Lipinski definition) is 1. The van der Waals surface area contributed by atoms with Gasteiger partial charge in [0, 0.05) is 11.1 Å². The Bertz CT molecular complexity index is 602. The second kappa shape index (κ2) is 17.8. The first kappa shape index (κ1) is 27.6. The van der Waals surface area contributed by atoms with Crippen LogP contribution >= 0.6 is 0 Å². The van der Waals surface area contributed by atoms with Gasteiger partial charge in [0.25, 0.3) is 0 Å². The minimum atomic E-state index is -0.852. The first-order valence-electron chi connectivity index (χ1n) is 9.55. The lowest BCUT2D eigenvalue weighted by Crippen LogP contribution is -2.06. The number of aliphatic carboxylic acids is 1. The molecule has 1 atom stereocenters. The van der Waals surface area contributed by atoms with E-state index in [0.717, 1.165) is 12.8 Å². The molecule has 156 valence electrons. The number of carboxylic acid groups (broad SMARTS) is 1. The topological polar surface area (TPSA) is 63.6 Å². The van der Waals surface area contributed by atoms with Gasteiger partial charge in [-0.05, 0) is 24.8 Å². The van der Waals surface area contributed by atoms with Crippen molar-refractivity contribution < 1.29 is 19.4 Å². The fraction of sp³-hybridized carbons (Fsp3) is 0.417. The van der Waals surface area contributed by atoms with Crippen molar-refractivity contribution in [3.63, 3.8) is 0 Å². The largest absolute Gasteiger partial charge is 0.478 e. The van der Waals surface area contributed by atoms with Gasteiger partial charge < -0.3 is 9.84 Å². The van der Waals surface area contributed by atoms with Crippen LogP contribution in [0.5, 0.6) is 0 Å². The molecule has 0 saturated heterocycles. The molecule has 1 aromatic carbocycles. The summed E-state index contributed by atoms with van der Waals surface area (Å²) < 4.78 is 4.27. The lowest BCUT2D eigenvalue weighted by Gasteiger charge is -2.13. The van der Waals surface area contributed by atoms with E-state index < -0.39 is 5.97 Å². The molecule has 0 saturated carbocycles. The van der Waals surface area contributed by atoms with Gasteiger partial charge in [-0.25, -0.2) is 9.59 Å². The molecule has 0 aliphatic rings. The second-order valence-corrected chi connectivity index (χ2v) is 6.42. The van der Waals surface area contributed by atoms with Crippen LogP contribution in [0, 0.1) is 5.92 Å². The summed E-state index contributed by atoms with van der Waals surface area (Å²) in [5, 5.41) is 8.65. The van der Waals surface area contributed by atoms with E-state index in [9.17, 15) is 9.59 Å². The highest BCUT2D eigenvalue weighted by atomic mass is 16.5. The predicted octanol–water partition coefficient (Wildman–Crippen LogP) is 6.30. The summed E-state index contributed by atoms with van der Waals surface area (Å²) in [6, 6.07) is 10.0. The van der Waals surface area contributed by atoms with E-state index in [0.29, 0.717) is 23.5 Å². The average Bonchev–Trinajstić information content (AvgIpc) is 2.71. The van der Waals surface area contributed by atoms with Gasteiger partial charge in [-0.2, -0.15) is 0 Å². The lowest BCUT2D eigenvalue weighted by molar-refractivity contribution is -0.136. The summed E-state index contributed by atoms with van der Waals surface area (Å²) in [4.78, 5) is 20.7. The summed E-state index contributed by atoms with van der Waals surface area (Å²) in [5.74, 6) is -0.696. The maximum absolute atomic E-state index is 10.5. The zero-order valence-corrected chi connectivity index (χ0v) is 17.9. The third-order valence-electron chi connectivity index (χ3n) is 3.95. The molecule has 4 heteroatoms. The second-order valence-electron chi connectivity index (χ2n) is 6.42. The average molecular weight is 389 g/mol. The minimum Gasteiger partial charge on any atom is -0.478 e. The van der Waals surface area contributed by atoms with Gasteiger partial charge in [0.05, 0.1) is 7.11 Å². The minimum absolute atomic E-state index is 0.347. The molecule has 0 bridgehead atoms. The molecule has 0 heterocycles. The van der Waals surface area contributed by atoms with Gasteiger partial charge >= 0.3 is 11.9 Å². The maximum atomic E-state index is 10.5. The van der Waals surface area contributed by atoms with E-state index in [4.69, 9.17) is 5.11 Å². The predicted molar refractivity (Wildman–Crippen MR) is 118 cm³/mol. The van der Waals surface area contributed by atoms with E-state index >= 15 is 0 Å². The summed E-state index contributed by atoms with van der Waals surface area (Å²) in [5.41, 5.74) is 1.96. The van der Waals surface area contributed by atoms with Crippen LogP contribution in [0.15, 0.2) is 61.2 Å². The Morgan fingerprint density at radius 2 is 1.75 bits per heavy atom. The van der Waals surface area contributed by atoms with Crippen molar-refractivity contribution in [2.24, 2.45) is 5.92 Å². The Balaban J connectivity index is 0. The van der Waals surface area contributed by atoms with Gasteiger partial charge in [-0.15, -0.1) is 0 Å². The Labute approximate surface area is 170 Å². The standard InChI is InChI=1S/C11H20O2.C8H8.C5H8O2/c1-4-6-7-10(5-2)8-9(3)11(12)13;1-2-8-6-4-3-5-7-8;1-4(2)5(6)7-3/h10H,3-8H2,1-2H3,(H,12,13);2-7H,1H2;1H2,2-3H3. The number of benzene rings is 1. The van der Waals surface area contributed by atoms with Crippen molar-refractivity contribution in [2.45, 2.75) is 52.9 Å². The first-order chi connectivity index (χ1) is 13.2. The van der Waals surface area contributed by atoms with E-state index in [-0.39, 0.29) is 5.97 Å². The van der Waals surface area contributed by atoms with Crippen LogP contribution in [0.25, 0.3) is 6.08 Å². The molecule has 0 fully saturated rings. The van der Waals surface area contributed by atoms with E-state index in [2.05, 4.69) is 38.3 Å². The monoisotopic (exact) mass is 388 g/mol.